The first kappa shape index (κ1) is 19.4. The lowest BCUT2D eigenvalue weighted by Crippen LogP contribution is -2.37. The molecule has 9 heteroatoms. The van der Waals surface area contributed by atoms with Crippen molar-refractivity contribution in [1.82, 2.24) is 15.1 Å². The van der Waals surface area contributed by atoms with Crippen molar-refractivity contribution < 1.29 is 9.53 Å². The number of carbonyl (C=O) groups excluding carboxylic acids is 1. The zero-order chi connectivity index (χ0) is 20.4. The van der Waals surface area contributed by atoms with E-state index in [2.05, 4.69) is 15.6 Å². The Kier molecular flexibility index (Phi) is 5.53. The monoisotopic (exact) mass is 429 g/mol. The van der Waals surface area contributed by atoms with Crippen molar-refractivity contribution in [1.29, 1.82) is 0 Å². The second kappa shape index (κ2) is 8.24. The van der Waals surface area contributed by atoms with Crippen molar-refractivity contribution >= 4 is 34.8 Å². The zero-order valence-electron chi connectivity index (χ0n) is 15.2. The zero-order valence-corrected chi connectivity index (χ0v) is 16.7. The Hall–Kier alpha value is -2.87. The Morgan fingerprint density at radius 1 is 1.17 bits per heavy atom. The van der Waals surface area contributed by atoms with Crippen LogP contribution in [0.25, 0.3) is 0 Å². The number of hydrogen-bond donors (Lipinski definition) is 2. The van der Waals surface area contributed by atoms with E-state index in [1.807, 2.05) is 12.1 Å². The summed E-state index contributed by atoms with van der Waals surface area (Å²) in [5, 5.41) is 8.57. The van der Waals surface area contributed by atoms with Gasteiger partial charge in [-0.25, -0.2) is 0 Å². The van der Waals surface area contributed by atoms with Gasteiger partial charge < -0.3 is 15.1 Å². The molecular weight excluding hydrogens is 413 g/mol. The van der Waals surface area contributed by atoms with Crippen LogP contribution in [-0.2, 0) is 13.0 Å². The molecule has 0 spiro atoms. The van der Waals surface area contributed by atoms with E-state index in [0.29, 0.717) is 52.3 Å². The maximum Gasteiger partial charge on any atom is 0.254 e. The second-order valence-electron chi connectivity index (χ2n) is 6.53. The first-order valence-corrected chi connectivity index (χ1v) is 9.63. The summed E-state index contributed by atoms with van der Waals surface area (Å²) >= 11 is 12.5. The van der Waals surface area contributed by atoms with Crippen LogP contribution in [0.2, 0.25) is 10.0 Å². The minimum atomic E-state index is -0.0436. The lowest BCUT2D eigenvalue weighted by atomic mass is 9.98. The van der Waals surface area contributed by atoms with Crippen LogP contribution in [0.15, 0.2) is 48.7 Å². The number of nitrogens with zero attached hydrogens (tertiary/aromatic N) is 3. The standard InChI is InChI=1S/C20H17Cl2N5O2/c21-17-9-14(25-23)10-18(22)19(17)29-15-3-4-16-12(8-15)5-7-27(20(16)28)11-13-2-1-6-24-26-13/h1-4,6,8-10,25H,5,7,11,23H2. The summed E-state index contributed by atoms with van der Waals surface area (Å²) in [6, 6.07) is 12.2. The first-order valence-electron chi connectivity index (χ1n) is 8.87. The van der Waals surface area contributed by atoms with Gasteiger partial charge >= 0.3 is 0 Å². The molecule has 0 atom stereocenters. The lowest BCUT2D eigenvalue weighted by molar-refractivity contribution is 0.0724. The number of fused-ring (bicyclic) bond motifs is 1. The van der Waals surface area contributed by atoms with Crippen molar-refractivity contribution in [2.24, 2.45) is 5.84 Å². The maximum absolute atomic E-state index is 12.8. The van der Waals surface area contributed by atoms with Crippen LogP contribution in [0.1, 0.15) is 21.6 Å². The summed E-state index contributed by atoms with van der Waals surface area (Å²) in [6.07, 6.45) is 2.31. The van der Waals surface area contributed by atoms with E-state index in [0.717, 1.165) is 11.3 Å². The Morgan fingerprint density at radius 3 is 2.66 bits per heavy atom. The maximum atomic E-state index is 12.8. The molecule has 0 fully saturated rings. The minimum Gasteiger partial charge on any atom is -0.454 e. The molecule has 0 aliphatic carbocycles. The van der Waals surface area contributed by atoms with Gasteiger partial charge in [0.25, 0.3) is 5.91 Å². The van der Waals surface area contributed by atoms with Crippen LogP contribution in [-0.4, -0.2) is 27.5 Å². The fourth-order valence-electron chi connectivity index (χ4n) is 3.20. The average Bonchev–Trinajstić information content (AvgIpc) is 2.73. The predicted molar refractivity (Wildman–Crippen MR) is 111 cm³/mol. The third kappa shape index (κ3) is 4.12. The van der Waals surface area contributed by atoms with E-state index in [1.54, 1.807) is 41.4 Å². The van der Waals surface area contributed by atoms with Crippen LogP contribution >= 0.6 is 23.2 Å². The molecule has 3 N–H and O–H groups in total. The van der Waals surface area contributed by atoms with Crippen LogP contribution in [0.4, 0.5) is 5.69 Å². The second-order valence-corrected chi connectivity index (χ2v) is 7.34. The molecule has 0 bridgehead atoms. The summed E-state index contributed by atoms with van der Waals surface area (Å²) in [6.45, 7) is 1.02. The first-order chi connectivity index (χ1) is 14.0. The number of rotatable bonds is 5. The summed E-state index contributed by atoms with van der Waals surface area (Å²) < 4.78 is 5.89. The number of nitrogens with one attached hydrogen (secondary N) is 1. The van der Waals surface area contributed by atoms with E-state index in [1.165, 1.54) is 0 Å². The fourth-order valence-corrected chi connectivity index (χ4v) is 3.76. The molecule has 7 nitrogen and oxygen atoms in total. The Balaban J connectivity index is 1.54. The quantitative estimate of drug-likeness (QED) is 0.469. The number of nitrogen functional groups attached to an aromatic ring is 1. The molecule has 1 aliphatic heterocycles. The van der Waals surface area contributed by atoms with Gasteiger partial charge in [-0.2, -0.15) is 10.2 Å². The summed E-state index contributed by atoms with van der Waals surface area (Å²) in [5.74, 6) is 6.23. The van der Waals surface area contributed by atoms with E-state index in [4.69, 9.17) is 33.8 Å². The van der Waals surface area contributed by atoms with Crippen LogP contribution in [0, 0.1) is 0 Å². The lowest BCUT2D eigenvalue weighted by Gasteiger charge is -2.28. The molecule has 1 amide bonds. The van der Waals surface area contributed by atoms with Crippen LogP contribution < -0.4 is 16.0 Å². The van der Waals surface area contributed by atoms with Gasteiger partial charge in [-0.05, 0) is 54.4 Å². The van der Waals surface area contributed by atoms with Crippen LogP contribution in [0.3, 0.4) is 0 Å². The normalized spacial score (nSPS) is 13.2. The van der Waals surface area contributed by atoms with Crippen molar-refractivity contribution in [3.8, 4) is 11.5 Å². The summed E-state index contributed by atoms with van der Waals surface area (Å²) in [4.78, 5) is 14.6. The van der Waals surface area contributed by atoms with Gasteiger partial charge in [0.2, 0.25) is 0 Å². The number of amides is 1. The fraction of sp³-hybridized carbons (Fsp3) is 0.150. The van der Waals surface area contributed by atoms with Crippen LogP contribution in [0.5, 0.6) is 11.5 Å². The highest BCUT2D eigenvalue weighted by atomic mass is 35.5. The molecule has 29 heavy (non-hydrogen) atoms. The van der Waals surface area contributed by atoms with Gasteiger partial charge in [-0.3, -0.25) is 10.6 Å². The van der Waals surface area contributed by atoms with E-state index >= 15 is 0 Å². The van der Waals surface area contributed by atoms with Gasteiger partial charge in [0.1, 0.15) is 5.75 Å². The topological polar surface area (TPSA) is 93.4 Å². The minimum absolute atomic E-state index is 0.0436. The third-order valence-electron chi connectivity index (χ3n) is 4.61. The van der Waals surface area contributed by atoms with Crippen molar-refractivity contribution in [2.45, 2.75) is 13.0 Å². The Bertz CT molecular complexity index is 1040. The number of ether oxygens (including phenoxy) is 1. The molecule has 2 aromatic carbocycles. The molecule has 1 aliphatic rings. The SMILES string of the molecule is NNc1cc(Cl)c(Oc2ccc3c(c2)CCN(Cc2cccnn2)C3=O)c(Cl)c1. The number of nitrogens with two attached hydrogens (primary N) is 1. The molecule has 148 valence electrons. The smallest absolute Gasteiger partial charge is 0.254 e. The molecule has 0 radical (unpaired) electrons. The van der Waals surface area contributed by atoms with Crippen molar-refractivity contribution in [2.75, 3.05) is 12.0 Å². The van der Waals surface area contributed by atoms with Gasteiger partial charge in [-0.1, -0.05) is 23.2 Å². The summed E-state index contributed by atoms with van der Waals surface area (Å²) in [5.41, 5.74) is 5.38. The molecule has 0 saturated carbocycles. The number of benzene rings is 2. The van der Waals surface area contributed by atoms with Gasteiger partial charge in [0.05, 0.1) is 28.0 Å². The average molecular weight is 430 g/mol. The van der Waals surface area contributed by atoms with Gasteiger partial charge in [0, 0.05) is 18.3 Å². The van der Waals surface area contributed by atoms with Gasteiger partial charge in [0.15, 0.2) is 5.75 Å². The number of aromatic nitrogens is 2. The van der Waals surface area contributed by atoms with E-state index in [-0.39, 0.29) is 5.91 Å². The molecule has 0 unspecified atom stereocenters. The predicted octanol–water partition coefficient (Wildman–Crippen LogP) is 4.06. The Morgan fingerprint density at radius 2 is 1.97 bits per heavy atom. The Labute approximate surface area is 177 Å². The molecule has 3 aromatic rings. The highest BCUT2D eigenvalue weighted by molar-refractivity contribution is 6.37. The number of hydrazine groups is 1. The van der Waals surface area contributed by atoms with Gasteiger partial charge in [-0.15, -0.1) is 0 Å². The highest BCUT2D eigenvalue weighted by Crippen LogP contribution is 2.39. The number of anilines is 1. The van der Waals surface area contributed by atoms with Crippen molar-refractivity contribution in [3.63, 3.8) is 0 Å². The number of halogens is 2. The van der Waals surface area contributed by atoms with E-state index < -0.39 is 0 Å². The molecular formula is C20H17Cl2N5O2. The largest absolute Gasteiger partial charge is 0.454 e. The molecule has 1 aromatic heterocycles. The molecule has 0 saturated heterocycles. The molecule has 4 rings (SSSR count). The third-order valence-corrected chi connectivity index (χ3v) is 5.17. The van der Waals surface area contributed by atoms with E-state index in [9.17, 15) is 4.79 Å². The van der Waals surface area contributed by atoms with Crippen molar-refractivity contribution in [3.05, 3.63) is 75.5 Å². The highest BCUT2D eigenvalue weighted by Gasteiger charge is 2.25. The number of hydrogen-bond acceptors (Lipinski definition) is 6. The molecule has 2 heterocycles. The summed E-state index contributed by atoms with van der Waals surface area (Å²) in [7, 11) is 0. The number of carbonyl (C=O) groups is 1.